The minimum Gasteiger partial charge on any atom is -0.466 e. The highest BCUT2D eigenvalue weighted by Gasteiger charge is 2.22. The molecule has 0 aliphatic carbocycles. The van der Waals surface area contributed by atoms with Gasteiger partial charge in [-0.25, -0.2) is 4.79 Å². The van der Waals surface area contributed by atoms with Crippen molar-refractivity contribution in [1.82, 2.24) is 5.16 Å². The predicted octanol–water partition coefficient (Wildman–Crippen LogP) is 8.04. The summed E-state index contributed by atoms with van der Waals surface area (Å²) in [6.07, 6.45) is -1.03. The molecule has 1 amide bonds. The molecule has 4 rings (SSSR count). The van der Waals surface area contributed by atoms with Gasteiger partial charge in [-0.1, -0.05) is 76.9 Å². The molecule has 4 aromatic rings. The van der Waals surface area contributed by atoms with Crippen LogP contribution in [0.2, 0.25) is 10.0 Å². The molecule has 0 aliphatic heterocycles. The number of aryl methyl sites for hydroxylation is 1. The van der Waals surface area contributed by atoms with Crippen LogP contribution in [0.25, 0.3) is 22.5 Å². The van der Waals surface area contributed by atoms with Gasteiger partial charge in [0.05, 0.1) is 18.1 Å². The maximum atomic E-state index is 12.7. The second-order valence-corrected chi connectivity index (χ2v) is 9.35. The lowest BCUT2D eigenvalue weighted by Gasteiger charge is -2.15. The van der Waals surface area contributed by atoms with E-state index in [0.29, 0.717) is 44.9 Å². The molecule has 0 saturated carbocycles. The maximum absolute atomic E-state index is 12.7. The van der Waals surface area contributed by atoms with Crippen molar-refractivity contribution in [2.24, 2.45) is 0 Å². The predicted molar refractivity (Wildman–Crippen MR) is 147 cm³/mol. The monoisotopic (exact) mass is 552 g/mol. The Kier molecular flexibility index (Phi) is 8.71. The van der Waals surface area contributed by atoms with E-state index < -0.39 is 12.2 Å². The van der Waals surface area contributed by atoms with E-state index in [9.17, 15) is 9.59 Å². The first-order valence-corrected chi connectivity index (χ1v) is 12.8. The molecule has 1 atom stereocenters. The zero-order chi connectivity index (χ0) is 27.2. The van der Waals surface area contributed by atoms with Crippen LogP contribution in [0, 0.1) is 6.92 Å². The molecule has 0 bridgehead atoms. The van der Waals surface area contributed by atoms with Crippen LogP contribution in [0.1, 0.15) is 36.8 Å². The molecule has 0 spiro atoms. The van der Waals surface area contributed by atoms with Crippen molar-refractivity contribution >= 4 is 41.0 Å². The van der Waals surface area contributed by atoms with E-state index in [1.165, 1.54) is 0 Å². The van der Waals surface area contributed by atoms with Crippen LogP contribution in [0.3, 0.4) is 0 Å². The molecule has 0 saturated heterocycles. The van der Waals surface area contributed by atoms with Crippen molar-refractivity contribution in [1.29, 1.82) is 0 Å². The van der Waals surface area contributed by atoms with Gasteiger partial charge in [0.2, 0.25) is 0 Å². The zero-order valence-electron chi connectivity index (χ0n) is 21.1. The van der Waals surface area contributed by atoms with Crippen LogP contribution < -0.4 is 5.32 Å². The summed E-state index contributed by atoms with van der Waals surface area (Å²) >= 11 is 12.9. The number of hydrogen-bond acceptors (Lipinski definition) is 6. The van der Waals surface area contributed by atoms with E-state index in [1.807, 2.05) is 42.5 Å². The van der Waals surface area contributed by atoms with Gasteiger partial charge in [-0.3, -0.25) is 10.1 Å². The van der Waals surface area contributed by atoms with E-state index in [2.05, 4.69) is 10.5 Å². The number of halogens is 2. The third-order valence-corrected chi connectivity index (χ3v) is 6.53. The van der Waals surface area contributed by atoms with Gasteiger partial charge in [0.25, 0.3) is 0 Å². The normalized spacial score (nSPS) is 11.6. The number of hydrogen-bond donors (Lipinski definition) is 1. The average molecular weight is 553 g/mol. The SMILES string of the molecule is CCOC(=O)Cc1ccc(-c2ccc(-c3onc(C)c3NC(=O)OC(C)c3ccccc3Cl)c(Cl)c2)cc1. The average Bonchev–Trinajstić information content (AvgIpc) is 3.24. The number of nitrogens with one attached hydrogen (secondary N) is 1. The van der Waals surface area contributed by atoms with Gasteiger partial charge in [-0.15, -0.1) is 0 Å². The van der Waals surface area contributed by atoms with Crippen molar-refractivity contribution in [2.75, 3.05) is 11.9 Å². The Bertz CT molecular complexity index is 1450. The van der Waals surface area contributed by atoms with E-state index in [4.69, 9.17) is 37.2 Å². The molecule has 1 aromatic heterocycles. The Morgan fingerprint density at radius 2 is 1.71 bits per heavy atom. The molecular weight excluding hydrogens is 527 g/mol. The number of esters is 1. The minimum atomic E-state index is -0.680. The van der Waals surface area contributed by atoms with E-state index >= 15 is 0 Å². The second-order valence-electron chi connectivity index (χ2n) is 8.54. The summed E-state index contributed by atoms with van der Waals surface area (Å²) < 4.78 is 16.0. The van der Waals surface area contributed by atoms with Gasteiger partial charge < -0.3 is 14.0 Å². The van der Waals surface area contributed by atoms with E-state index in [0.717, 1.165) is 16.7 Å². The van der Waals surface area contributed by atoms with Crippen molar-refractivity contribution < 1.29 is 23.6 Å². The minimum absolute atomic E-state index is 0.216. The molecule has 1 unspecified atom stereocenters. The number of anilines is 1. The zero-order valence-corrected chi connectivity index (χ0v) is 22.6. The molecule has 0 radical (unpaired) electrons. The number of rotatable bonds is 8. The number of benzene rings is 3. The van der Waals surface area contributed by atoms with Crippen molar-refractivity contribution in [3.8, 4) is 22.5 Å². The van der Waals surface area contributed by atoms with Crippen molar-refractivity contribution in [2.45, 2.75) is 33.3 Å². The molecule has 0 fully saturated rings. The largest absolute Gasteiger partial charge is 0.466 e. The number of carbonyl (C=O) groups excluding carboxylic acids is 2. The third kappa shape index (κ3) is 6.36. The molecule has 196 valence electrons. The van der Waals surface area contributed by atoms with Gasteiger partial charge in [0, 0.05) is 16.1 Å². The maximum Gasteiger partial charge on any atom is 0.412 e. The van der Waals surface area contributed by atoms with E-state index in [-0.39, 0.29) is 12.4 Å². The number of amides is 1. The first kappa shape index (κ1) is 27.2. The number of nitrogens with zero attached hydrogens (tertiary/aromatic N) is 1. The Labute approximate surface area is 230 Å². The fourth-order valence-corrected chi connectivity index (χ4v) is 4.49. The summed E-state index contributed by atoms with van der Waals surface area (Å²) in [5, 5.41) is 7.65. The highest BCUT2D eigenvalue weighted by atomic mass is 35.5. The fraction of sp³-hybridized carbons (Fsp3) is 0.207. The Balaban J connectivity index is 1.50. The molecule has 7 nitrogen and oxygen atoms in total. The standard InChI is InChI=1S/C29H26Cl2N2O5/c1-4-36-26(34)15-19-9-11-20(12-10-19)21-13-14-23(25(31)16-21)28-27(17(2)33-38-28)32-29(35)37-18(3)22-7-5-6-8-24(22)30/h5-14,16,18H,4,15H2,1-3H3,(H,32,35). The van der Waals surface area contributed by atoms with E-state index in [1.54, 1.807) is 45.0 Å². The summed E-state index contributed by atoms with van der Waals surface area (Å²) in [6, 6.07) is 20.3. The summed E-state index contributed by atoms with van der Waals surface area (Å²) in [6.45, 7) is 5.58. The number of aromatic nitrogens is 1. The van der Waals surface area contributed by atoms with Crippen LogP contribution in [0.5, 0.6) is 0 Å². The molecule has 1 heterocycles. The number of carbonyl (C=O) groups is 2. The van der Waals surface area contributed by atoms with Crippen molar-refractivity contribution in [3.05, 3.63) is 93.6 Å². The summed E-state index contributed by atoms with van der Waals surface area (Å²) in [5.41, 5.74) is 4.75. The lowest BCUT2D eigenvalue weighted by Crippen LogP contribution is -2.17. The van der Waals surface area contributed by atoms with Gasteiger partial charge in [-0.2, -0.15) is 0 Å². The van der Waals surface area contributed by atoms with Gasteiger partial charge in [-0.05, 0) is 55.7 Å². The highest BCUT2D eigenvalue weighted by molar-refractivity contribution is 6.33. The van der Waals surface area contributed by atoms with Gasteiger partial charge >= 0.3 is 12.1 Å². The van der Waals surface area contributed by atoms with Gasteiger partial charge in [0.1, 0.15) is 17.5 Å². The second kappa shape index (κ2) is 12.2. The molecule has 38 heavy (non-hydrogen) atoms. The number of ether oxygens (including phenoxy) is 2. The van der Waals surface area contributed by atoms with Crippen LogP contribution >= 0.6 is 23.2 Å². The summed E-state index contributed by atoms with van der Waals surface area (Å²) in [7, 11) is 0. The highest BCUT2D eigenvalue weighted by Crippen LogP contribution is 2.38. The quantitative estimate of drug-likeness (QED) is 0.222. The summed E-state index contributed by atoms with van der Waals surface area (Å²) in [5.74, 6) is 0.0489. The fourth-order valence-electron chi connectivity index (χ4n) is 3.93. The Hall–Kier alpha value is -3.81. The first-order chi connectivity index (χ1) is 18.3. The first-order valence-electron chi connectivity index (χ1n) is 12.0. The summed E-state index contributed by atoms with van der Waals surface area (Å²) in [4.78, 5) is 24.4. The lowest BCUT2D eigenvalue weighted by molar-refractivity contribution is -0.142. The Morgan fingerprint density at radius 3 is 2.39 bits per heavy atom. The molecule has 1 N–H and O–H groups in total. The third-order valence-electron chi connectivity index (χ3n) is 5.87. The molecule has 0 aliphatic rings. The molecule has 3 aromatic carbocycles. The Morgan fingerprint density at radius 1 is 1.00 bits per heavy atom. The lowest BCUT2D eigenvalue weighted by atomic mass is 10.0. The molecule has 9 heteroatoms. The van der Waals surface area contributed by atoms with Crippen LogP contribution in [-0.4, -0.2) is 23.8 Å². The van der Waals surface area contributed by atoms with Crippen LogP contribution in [0.4, 0.5) is 10.5 Å². The van der Waals surface area contributed by atoms with Crippen molar-refractivity contribution in [3.63, 3.8) is 0 Å². The van der Waals surface area contributed by atoms with Crippen LogP contribution in [0.15, 0.2) is 71.3 Å². The topological polar surface area (TPSA) is 90.7 Å². The van der Waals surface area contributed by atoms with Crippen LogP contribution in [-0.2, 0) is 20.7 Å². The molecular formula is C29H26Cl2N2O5. The smallest absolute Gasteiger partial charge is 0.412 e. The van der Waals surface area contributed by atoms with Gasteiger partial charge in [0.15, 0.2) is 5.76 Å².